The molecule has 2 aliphatic rings. The highest BCUT2D eigenvalue weighted by atomic mass is 16.3. The summed E-state index contributed by atoms with van der Waals surface area (Å²) in [5, 5.41) is 0. The normalized spacial score (nSPS) is 17.7. The molecule has 0 aliphatic heterocycles. The first-order valence-corrected chi connectivity index (χ1v) is 13.5. The van der Waals surface area contributed by atoms with Crippen molar-refractivity contribution in [1.29, 1.82) is 0 Å². The average molecular weight is 487 g/mol. The molecular weight excluding hydrogens is 452 g/mol. The molecule has 0 saturated heterocycles. The van der Waals surface area contributed by atoms with E-state index in [1.807, 2.05) is 6.26 Å². The Morgan fingerprint density at radius 2 is 1.16 bits per heavy atom. The topological polar surface area (TPSA) is 37.9 Å². The first-order chi connectivity index (χ1) is 18.0. The van der Waals surface area contributed by atoms with Crippen LogP contribution in [0.25, 0.3) is 11.3 Å². The van der Waals surface area contributed by atoms with E-state index in [1.54, 1.807) is 0 Å². The first-order valence-electron chi connectivity index (χ1n) is 13.5. The Balaban J connectivity index is 1.69. The molecule has 3 heteroatoms. The van der Waals surface area contributed by atoms with E-state index in [-0.39, 0.29) is 0 Å². The minimum atomic E-state index is 0.496. The third-order valence-corrected chi connectivity index (χ3v) is 8.08. The second-order valence-corrected chi connectivity index (χ2v) is 10.7. The van der Waals surface area contributed by atoms with Gasteiger partial charge in [0.2, 0.25) is 0 Å². The summed E-state index contributed by atoms with van der Waals surface area (Å²) in [5.74, 6) is 1.43. The number of benzene rings is 3. The van der Waals surface area contributed by atoms with Crippen molar-refractivity contribution in [2.45, 2.75) is 65.7 Å². The lowest BCUT2D eigenvalue weighted by atomic mass is 9.78. The van der Waals surface area contributed by atoms with Gasteiger partial charge in [0, 0.05) is 16.7 Å². The van der Waals surface area contributed by atoms with Crippen molar-refractivity contribution in [2.24, 2.45) is 9.98 Å². The van der Waals surface area contributed by atoms with E-state index < -0.39 is 0 Å². The zero-order valence-electron chi connectivity index (χ0n) is 22.3. The molecule has 37 heavy (non-hydrogen) atoms. The highest BCUT2D eigenvalue weighted by Crippen LogP contribution is 2.44. The van der Waals surface area contributed by atoms with E-state index in [1.165, 1.54) is 59.9 Å². The molecule has 6 rings (SSSR count). The van der Waals surface area contributed by atoms with Crippen molar-refractivity contribution in [2.75, 3.05) is 0 Å². The summed E-state index contributed by atoms with van der Waals surface area (Å²) in [4.78, 5) is 10.9. The monoisotopic (exact) mass is 486 g/mol. The number of aryl methyl sites for hydroxylation is 4. The molecule has 0 N–H and O–H groups in total. The van der Waals surface area contributed by atoms with Crippen LogP contribution in [0.4, 0.5) is 11.4 Å². The van der Waals surface area contributed by atoms with Crippen molar-refractivity contribution < 1.29 is 4.42 Å². The van der Waals surface area contributed by atoms with Crippen LogP contribution in [0.1, 0.15) is 77.0 Å². The molecule has 1 aromatic heterocycles. The highest BCUT2D eigenvalue weighted by molar-refractivity contribution is 6.57. The van der Waals surface area contributed by atoms with Gasteiger partial charge < -0.3 is 4.42 Å². The van der Waals surface area contributed by atoms with Crippen molar-refractivity contribution in [1.82, 2.24) is 0 Å². The summed E-state index contributed by atoms with van der Waals surface area (Å²) in [5.41, 5.74) is 13.2. The number of nitrogens with zero attached hydrogens (tertiary/aromatic N) is 2. The van der Waals surface area contributed by atoms with Crippen molar-refractivity contribution in [3.63, 3.8) is 0 Å². The molecule has 1 heterocycles. The fourth-order valence-electron chi connectivity index (χ4n) is 6.07. The van der Waals surface area contributed by atoms with E-state index in [2.05, 4.69) is 88.4 Å². The van der Waals surface area contributed by atoms with Gasteiger partial charge >= 0.3 is 0 Å². The fourth-order valence-corrected chi connectivity index (χ4v) is 6.07. The number of aliphatic imine (C=N–C) groups is 2. The lowest BCUT2D eigenvalue weighted by Gasteiger charge is -2.25. The Morgan fingerprint density at radius 1 is 0.622 bits per heavy atom. The number of para-hydroxylation sites is 2. The Kier molecular flexibility index (Phi) is 6.16. The number of hydrogen-bond acceptors (Lipinski definition) is 3. The van der Waals surface area contributed by atoms with Gasteiger partial charge in [-0.05, 0) is 68.7 Å². The van der Waals surface area contributed by atoms with E-state index >= 15 is 0 Å². The summed E-state index contributed by atoms with van der Waals surface area (Å²) in [6.07, 6.45) is 8.28. The number of rotatable bonds is 3. The van der Waals surface area contributed by atoms with Gasteiger partial charge in [-0.3, -0.25) is 0 Å². The third-order valence-electron chi connectivity index (χ3n) is 8.08. The molecule has 3 aromatic carbocycles. The van der Waals surface area contributed by atoms with Crippen molar-refractivity contribution in [3.05, 3.63) is 106 Å². The molecule has 0 radical (unpaired) electrons. The minimum Gasteiger partial charge on any atom is -0.463 e. The Morgan fingerprint density at radius 3 is 1.76 bits per heavy atom. The van der Waals surface area contributed by atoms with Crippen LogP contribution in [0, 0.1) is 27.7 Å². The maximum Gasteiger partial charge on any atom is 0.144 e. The van der Waals surface area contributed by atoms with Gasteiger partial charge in [-0.15, -0.1) is 0 Å². The maximum absolute atomic E-state index is 6.41. The molecule has 3 nitrogen and oxygen atoms in total. The largest absolute Gasteiger partial charge is 0.463 e. The second kappa shape index (κ2) is 9.63. The van der Waals surface area contributed by atoms with Gasteiger partial charge in [0.05, 0.1) is 28.9 Å². The fraction of sp³-hybridized carbons (Fsp3) is 0.294. The van der Waals surface area contributed by atoms with E-state index in [4.69, 9.17) is 14.4 Å². The van der Waals surface area contributed by atoms with E-state index in [0.717, 1.165) is 45.2 Å². The van der Waals surface area contributed by atoms with Crippen molar-refractivity contribution in [3.8, 4) is 11.3 Å². The van der Waals surface area contributed by atoms with Crippen LogP contribution in [0.2, 0.25) is 0 Å². The Bertz CT molecular complexity index is 1510. The maximum atomic E-state index is 6.41. The van der Waals surface area contributed by atoms with E-state index in [0.29, 0.717) is 5.92 Å². The zero-order valence-corrected chi connectivity index (χ0v) is 22.3. The molecular formula is C34H34N2O. The molecule has 1 saturated carbocycles. The molecule has 2 aliphatic carbocycles. The quantitative estimate of drug-likeness (QED) is 0.284. The molecule has 0 amide bonds. The van der Waals surface area contributed by atoms with Crippen LogP contribution in [0.5, 0.6) is 0 Å². The summed E-state index contributed by atoms with van der Waals surface area (Å²) >= 11 is 0. The summed E-state index contributed by atoms with van der Waals surface area (Å²) in [6, 6.07) is 21.3. The number of hydrogen-bond donors (Lipinski definition) is 0. The SMILES string of the molecule is Cc1cccc(C)c1/N=C1/C(=N/c2c(C)cccc2C)c2c(C3CCCCC3)coc2-c2ccccc21. The number of furan rings is 1. The van der Waals surface area contributed by atoms with Crippen LogP contribution in [-0.2, 0) is 0 Å². The minimum absolute atomic E-state index is 0.496. The molecule has 0 spiro atoms. The van der Waals surface area contributed by atoms with Crippen LogP contribution >= 0.6 is 0 Å². The van der Waals surface area contributed by atoms with Gasteiger partial charge in [-0.25, -0.2) is 9.98 Å². The van der Waals surface area contributed by atoms with Crippen LogP contribution in [0.15, 0.2) is 81.3 Å². The summed E-state index contributed by atoms with van der Waals surface area (Å²) in [6.45, 7) is 8.56. The molecule has 0 atom stereocenters. The third kappa shape index (κ3) is 4.17. The zero-order chi connectivity index (χ0) is 25.5. The number of fused-ring (bicyclic) bond motifs is 3. The smallest absolute Gasteiger partial charge is 0.144 e. The Hall–Kier alpha value is -3.72. The van der Waals surface area contributed by atoms with Crippen LogP contribution in [0.3, 0.4) is 0 Å². The van der Waals surface area contributed by atoms with Gasteiger partial charge in [-0.1, -0.05) is 79.9 Å². The molecule has 1 fully saturated rings. The second-order valence-electron chi connectivity index (χ2n) is 10.7. The van der Waals surface area contributed by atoms with Crippen molar-refractivity contribution >= 4 is 22.8 Å². The average Bonchev–Trinajstić information content (AvgIpc) is 3.35. The van der Waals surface area contributed by atoms with Gasteiger partial charge in [0.1, 0.15) is 11.5 Å². The van der Waals surface area contributed by atoms with E-state index in [9.17, 15) is 0 Å². The first kappa shape index (κ1) is 23.7. The van der Waals surface area contributed by atoms with Gasteiger partial charge in [-0.2, -0.15) is 0 Å². The lowest BCUT2D eigenvalue weighted by molar-refractivity contribution is 0.439. The molecule has 0 unspecified atom stereocenters. The molecule has 186 valence electrons. The highest BCUT2D eigenvalue weighted by Gasteiger charge is 2.35. The molecule has 4 aromatic rings. The van der Waals surface area contributed by atoms with Crippen LogP contribution in [-0.4, -0.2) is 11.4 Å². The van der Waals surface area contributed by atoms with Gasteiger partial charge in [0.15, 0.2) is 0 Å². The Labute approximate surface area is 220 Å². The lowest BCUT2D eigenvalue weighted by Crippen LogP contribution is -2.24. The summed E-state index contributed by atoms with van der Waals surface area (Å²) in [7, 11) is 0. The predicted molar refractivity (Wildman–Crippen MR) is 154 cm³/mol. The summed E-state index contributed by atoms with van der Waals surface area (Å²) < 4.78 is 6.41. The standard InChI is InChI=1S/C34H34N2O/c1-21-12-10-13-22(2)30(21)35-32-26-18-8-9-19-27(26)34-29(28(20-37-34)25-16-6-5-7-17-25)33(32)36-31-23(3)14-11-15-24(31)4/h8-15,18-20,25H,5-7,16-17H2,1-4H3/b35-32+,36-33+. The van der Waals surface area contributed by atoms with Gasteiger partial charge in [0.25, 0.3) is 0 Å². The molecule has 0 bridgehead atoms. The van der Waals surface area contributed by atoms with Crippen LogP contribution < -0.4 is 0 Å². The predicted octanol–water partition coefficient (Wildman–Crippen LogP) is 9.48.